The Hall–Kier alpha value is -3.12. The number of nitrogens with zero attached hydrogens (tertiary/aromatic N) is 1. The van der Waals surface area contributed by atoms with Crippen LogP contribution in [0.2, 0.25) is 0 Å². The Labute approximate surface area is 158 Å². The minimum atomic E-state index is -3.94. The number of benzene rings is 3. The van der Waals surface area contributed by atoms with E-state index in [-0.39, 0.29) is 16.0 Å². The standard InChI is InChI=1S/C21H19NO4S/c1-15-17(21(23)24)12-8-14-20(15)27(25,26)22(2)19-13-7-6-11-18(19)16-9-4-3-5-10-16/h3-14H,1-2H3,(H,23,24). The van der Waals surface area contributed by atoms with E-state index in [1.165, 1.54) is 36.5 Å². The van der Waals surface area contributed by atoms with Gasteiger partial charge in [0.2, 0.25) is 0 Å². The van der Waals surface area contributed by atoms with Gasteiger partial charge in [-0.2, -0.15) is 0 Å². The SMILES string of the molecule is Cc1c(C(=O)O)cccc1S(=O)(=O)N(C)c1ccccc1-c1ccccc1. The summed E-state index contributed by atoms with van der Waals surface area (Å²) in [5, 5.41) is 9.30. The Morgan fingerprint density at radius 1 is 0.889 bits per heavy atom. The van der Waals surface area contributed by atoms with Crippen LogP contribution in [0.15, 0.2) is 77.7 Å². The van der Waals surface area contributed by atoms with E-state index < -0.39 is 16.0 Å². The van der Waals surface area contributed by atoms with Crippen molar-refractivity contribution in [3.63, 3.8) is 0 Å². The number of para-hydroxylation sites is 1. The van der Waals surface area contributed by atoms with Crippen LogP contribution in [0.3, 0.4) is 0 Å². The first kappa shape index (κ1) is 18.7. The molecular weight excluding hydrogens is 362 g/mol. The van der Waals surface area contributed by atoms with Gasteiger partial charge in [0, 0.05) is 12.6 Å². The van der Waals surface area contributed by atoms with E-state index in [0.29, 0.717) is 5.69 Å². The Balaban J connectivity index is 2.14. The number of rotatable bonds is 5. The van der Waals surface area contributed by atoms with Crippen molar-refractivity contribution in [3.05, 3.63) is 83.9 Å². The van der Waals surface area contributed by atoms with Crippen molar-refractivity contribution in [2.45, 2.75) is 11.8 Å². The highest BCUT2D eigenvalue weighted by atomic mass is 32.2. The predicted molar refractivity (Wildman–Crippen MR) is 106 cm³/mol. The Morgan fingerprint density at radius 2 is 1.52 bits per heavy atom. The smallest absolute Gasteiger partial charge is 0.335 e. The predicted octanol–water partition coefficient (Wildman–Crippen LogP) is 4.19. The summed E-state index contributed by atoms with van der Waals surface area (Å²) in [6.45, 7) is 1.51. The molecule has 0 bridgehead atoms. The Bertz CT molecular complexity index is 1090. The van der Waals surface area contributed by atoms with Gasteiger partial charge < -0.3 is 5.11 Å². The average Bonchev–Trinajstić information content (AvgIpc) is 2.68. The van der Waals surface area contributed by atoms with Crippen molar-refractivity contribution in [1.82, 2.24) is 0 Å². The third-order valence-electron chi connectivity index (χ3n) is 4.48. The molecule has 6 heteroatoms. The molecule has 0 radical (unpaired) electrons. The molecular formula is C21H19NO4S. The normalized spacial score (nSPS) is 11.2. The number of carboxylic acid groups (broad SMARTS) is 1. The molecule has 0 aliphatic carbocycles. The number of anilines is 1. The van der Waals surface area contributed by atoms with E-state index >= 15 is 0 Å². The van der Waals surface area contributed by atoms with Gasteiger partial charge in [0.05, 0.1) is 16.1 Å². The van der Waals surface area contributed by atoms with Crippen LogP contribution in [0, 0.1) is 6.92 Å². The number of hydrogen-bond donors (Lipinski definition) is 1. The van der Waals surface area contributed by atoms with E-state index in [1.54, 1.807) is 12.1 Å². The molecule has 0 unspecified atom stereocenters. The molecule has 0 aromatic heterocycles. The second-order valence-corrected chi connectivity index (χ2v) is 8.03. The van der Waals surface area contributed by atoms with E-state index in [9.17, 15) is 18.3 Å². The highest BCUT2D eigenvalue weighted by Crippen LogP contribution is 2.34. The zero-order valence-corrected chi connectivity index (χ0v) is 15.8. The van der Waals surface area contributed by atoms with Gasteiger partial charge in [-0.15, -0.1) is 0 Å². The van der Waals surface area contributed by atoms with E-state index in [0.717, 1.165) is 11.1 Å². The average molecular weight is 381 g/mol. The molecule has 0 aliphatic rings. The molecule has 0 saturated heterocycles. The number of carbonyl (C=O) groups is 1. The van der Waals surface area contributed by atoms with Gasteiger partial charge in [-0.25, -0.2) is 13.2 Å². The van der Waals surface area contributed by atoms with E-state index in [2.05, 4.69) is 0 Å². The number of sulfonamides is 1. The summed E-state index contributed by atoms with van der Waals surface area (Å²) in [6.07, 6.45) is 0. The van der Waals surface area contributed by atoms with Gasteiger partial charge in [-0.3, -0.25) is 4.31 Å². The molecule has 27 heavy (non-hydrogen) atoms. The molecule has 0 spiro atoms. The van der Waals surface area contributed by atoms with Gasteiger partial charge >= 0.3 is 5.97 Å². The van der Waals surface area contributed by atoms with Crippen LogP contribution in [0.4, 0.5) is 5.69 Å². The van der Waals surface area contributed by atoms with Crippen LogP contribution in [-0.2, 0) is 10.0 Å². The molecule has 0 fully saturated rings. The maximum absolute atomic E-state index is 13.2. The highest BCUT2D eigenvalue weighted by molar-refractivity contribution is 7.92. The third-order valence-corrected chi connectivity index (χ3v) is 6.40. The molecule has 3 aromatic rings. The van der Waals surface area contributed by atoms with Gasteiger partial charge in [-0.1, -0.05) is 54.6 Å². The first-order chi connectivity index (χ1) is 12.8. The van der Waals surface area contributed by atoms with Gasteiger partial charge in [0.25, 0.3) is 10.0 Å². The lowest BCUT2D eigenvalue weighted by Gasteiger charge is -2.23. The van der Waals surface area contributed by atoms with Crippen LogP contribution >= 0.6 is 0 Å². The van der Waals surface area contributed by atoms with Gasteiger partial charge in [-0.05, 0) is 36.2 Å². The maximum atomic E-state index is 13.2. The lowest BCUT2D eigenvalue weighted by Crippen LogP contribution is -2.28. The number of aromatic carboxylic acids is 1. The van der Waals surface area contributed by atoms with E-state index in [4.69, 9.17) is 0 Å². The quantitative estimate of drug-likeness (QED) is 0.719. The zero-order valence-electron chi connectivity index (χ0n) is 15.0. The summed E-state index contributed by atoms with van der Waals surface area (Å²) in [5.74, 6) is -1.16. The Morgan fingerprint density at radius 3 is 2.19 bits per heavy atom. The van der Waals surface area contributed by atoms with Crippen LogP contribution in [0.1, 0.15) is 15.9 Å². The maximum Gasteiger partial charge on any atom is 0.335 e. The van der Waals surface area contributed by atoms with Crippen molar-refractivity contribution in [1.29, 1.82) is 0 Å². The van der Waals surface area contributed by atoms with Crippen LogP contribution in [0.5, 0.6) is 0 Å². The summed E-state index contributed by atoms with van der Waals surface area (Å²) in [4.78, 5) is 11.4. The molecule has 0 saturated carbocycles. The summed E-state index contributed by atoms with van der Waals surface area (Å²) < 4.78 is 27.7. The molecule has 0 amide bonds. The zero-order chi connectivity index (χ0) is 19.6. The summed E-state index contributed by atoms with van der Waals surface area (Å²) in [5.41, 5.74) is 2.38. The second-order valence-electron chi connectivity index (χ2n) is 6.09. The van der Waals surface area contributed by atoms with Crippen molar-refractivity contribution >= 4 is 21.7 Å². The summed E-state index contributed by atoms with van der Waals surface area (Å²) in [7, 11) is -2.46. The van der Waals surface area contributed by atoms with Crippen LogP contribution < -0.4 is 4.31 Å². The fourth-order valence-corrected chi connectivity index (χ4v) is 4.47. The van der Waals surface area contributed by atoms with Gasteiger partial charge in [0.15, 0.2) is 0 Å². The van der Waals surface area contributed by atoms with Crippen molar-refractivity contribution < 1.29 is 18.3 Å². The molecule has 5 nitrogen and oxygen atoms in total. The fraction of sp³-hybridized carbons (Fsp3) is 0.0952. The molecule has 0 atom stereocenters. The Kier molecular flexibility index (Phi) is 5.01. The fourth-order valence-electron chi connectivity index (χ4n) is 3.01. The van der Waals surface area contributed by atoms with Crippen molar-refractivity contribution in [3.8, 4) is 11.1 Å². The molecule has 1 N–H and O–H groups in total. The van der Waals surface area contributed by atoms with E-state index in [1.807, 2.05) is 42.5 Å². The van der Waals surface area contributed by atoms with Crippen molar-refractivity contribution in [2.24, 2.45) is 0 Å². The molecule has 138 valence electrons. The molecule has 3 rings (SSSR count). The lowest BCUT2D eigenvalue weighted by molar-refractivity contribution is 0.0696. The lowest BCUT2D eigenvalue weighted by atomic mass is 10.0. The molecule has 0 heterocycles. The third kappa shape index (κ3) is 3.44. The first-order valence-corrected chi connectivity index (χ1v) is 9.74. The monoisotopic (exact) mass is 381 g/mol. The second kappa shape index (κ2) is 7.25. The summed E-state index contributed by atoms with van der Waals surface area (Å²) >= 11 is 0. The van der Waals surface area contributed by atoms with Crippen molar-refractivity contribution in [2.75, 3.05) is 11.4 Å². The minimum Gasteiger partial charge on any atom is -0.478 e. The first-order valence-electron chi connectivity index (χ1n) is 8.30. The number of carboxylic acids is 1. The molecule has 3 aromatic carbocycles. The molecule has 0 aliphatic heterocycles. The largest absolute Gasteiger partial charge is 0.478 e. The number of hydrogen-bond acceptors (Lipinski definition) is 3. The summed E-state index contributed by atoms with van der Waals surface area (Å²) in [6, 6.07) is 21.0. The van der Waals surface area contributed by atoms with Gasteiger partial charge in [0.1, 0.15) is 0 Å². The minimum absolute atomic E-state index is 0.0206. The highest BCUT2D eigenvalue weighted by Gasteiger charge is 2.27. The topological polar surface area (TPSA) is 74.7 Å². The van der Waals surface area contributed by atoms with Crippen LogP contribution in [0.25, 0.3) is 11.1 Å². The van der Waals surface area contributed by atoms with Crippen LogP contribution in [-0.4, -0.2) is 26.5 Å².